The van der Waals surface area contributed by atoms with Crippen molar-refractivity contribution in [3.05, 3.63) is 70.6 Å². The molecule has 0 saturated heterocycles. The molecule has 0 aliphatic carbocycles. The van der Waals surface area contributed by atoms with Crippen LogP contribution in [0.1, 0.15) is 30.5 Å². The molecule has 0 bridgehead atoms. The molecule has 0 amide bonds. The van der Waals surface area contributed by atoms with Crippen LogP contribution in [0.3, 0.4) is 0 Å². The van der Waals surface area contributed by atoms with Crippen LogP contribution >= 0.6 is 0 Å². The van der Waals surface area contributed by atoms with Gasteiger partial charge in [0.1, 0.15) is 17.3 Å². The highest BCUT2D eigenvalue weighted by molar-refractivity contribution is 5.71. The number of allylic oxidation sites excluding steroid dienone is 2. The number of benzene rings is 2. The minimum Gasteiger partial charge on any atom is -0.507 e. The minimum atomic E-state index is -0.259. The number of rotatable bonds is 5. The van der Waals surface area contributed by atoms with Gasteiger partial charge in [0.25, 0.3) is 0 Å². The van der Waals surface area contributed by atoms with Crippen molar-refractivity contribution in [3.63, 3.8) is 0 Å². The Balaban J connectivity index is 2.28. The third-order valence-electron chi connectivity index (χ3n) is 3.48. The van der Waals surface area contributed by atoms with Gasteiger partial charge in [0.15, 0.2) is 0 Å². The topological polar surface area (TPSA) is 29.5 Å². The van der Waals surface area contributed by atoms with E-state index in [4.69, 9.17) is 4.74 Å². The van der Waals surface area contributed by atoms with Crippen molar-refractivity contribution in [1.29, 1.82) is 0 Å². The van der Waals surface area contributed by atoms with Gasteiger partial charge >= 0.3 is 0 Å². The van der Waals surface area contributed by atoms with E-state index in [1.807, 2.05) is 38.1 Å². The summed E-state index contributed by atoms with van der Waals surface area (Å²) >= 11 is 0. The summed E-state index contributed by atoms with van der Waals surface area (Å²) < 4.78 is 18.3. The fourth-order valence-corrected chi connectivity index (χ4v) is 2.21. The Morgan fingerprint density at radius 3 is 2.35 bits per heavy atom. The summed E-state index contributed by atoms with van der Waals surface area (Å²) in [4.78, 5) is 0. The van der Waals surface area contributed by atoms with Gasteiger partial charge in [-0.2, -0.15) is 0 Å². The Hall–Kier alpha value is -2.55. The lowest BCUT2D eigenvalue weighted by molar-refractivity contribution is 0.401. The first-order chi connectivity index (χ1) is 11.0. The molecular formula is C20H21FO2. The highest BCUT2D eigenvalue weighted by Crippen LogP contribution is 2.31. The number of aromatic hydroxyl groups is 1. The van der Waals surface area contributed by atoms with Gasteiger partial charge in [0, 0.05) is 5.56 Å². The summed E-state index contributed by atoms with van der Waals surface area (Å²) in [5.74, 6) is 0.604. The van der Waals surface area contributed by atoms with Crippen molar-refractivity contribution in [1.82, 2.24) is 0 Å². The second-order valence-electron chi connectivity index (χ2n) is 5.59. The third-order valence-corrected chi connectivity index (χ3v) is 3.48. The molecule has 2 aromatic carbocycles. The zero-order valence-corrected chi connectivity index (χ0v) is 13.6. The van der Waals surface area contributed by atoms with Crippen molar-refractivity contribution in [2.75, 3.05) is 7.11 Å². The molecule has 0 atom stereocenters. The molecule has 2 nitrogen and oxygen atoms in total. The van der Waals surface area contributed by atoms with Crippen LogP contribution < -0.4 is 4.74 Å². The number of ether oxygens (including phenoxy) is 1. The average molecular weight is 312 g/mol. The van der Waals surface area contributed by atoms with E-state index in [9.17, 15) is 9.50 Å². The predicted molar refractivity (Wildman–Crippen MR) is 93.1 cm³/mol. The zero-order chi connectivity index (χ0) is 16.8. The molecule has 1 N–H and O–H groups in total. The van der Waals surface area contributed by atoms with Gasteiger partial charge in [0.05, 0.1) is 7.11 Å². The summed E-state index contributed by atoms with van der Waals surface area (Å²) in [5, 5.41) is 10.3. The van der Waals surface area contributed by atoms with Gasteiger partial charge < -0.3 is 9.84 Å². The highest BCUT2D eigenvalue weighted by Gasteiger charge is 2.09. The average Bonchev–Trinajstić information content (AvgIpc) is 2.52. The predicted octanol–water partition coefficient (Wildman–Crippen LogP) is 5.22. The molecule has 0 aliphatic heterocycles. The Morgan fingerprint density at radius 1 is 1.09 bits per heavy atom. The fraction of sp³-hybridized carbons (Fsp3) is 0.200. The molecule has 0 aromatic heterocycles. The lowest BCUT2D eigenvalue weighted by atomic mass is 10.0. The summed E-state index contributed by atoms with van der Waals surface area (Å²) in [7, 11) is 1.59. The number of halogens is 1. The van der Waals surface area contributed by atoms with Crippen molar-refractivity contribution >= 4 is 12.2 Å². The number of phenolic OH excluding ortho intramolecular Hbond substituents is 1. The molecule has 0 fully saturated rings. The minimum absolute atomic E-state index is 0.209. The Bertz CT molecular complexity index is 724. The smallest absolute Gasteiger partial charge is 0.126 e. The van der Waals surface area contributed by atoms with Gasteiger partial charge in [-0.25, -0.2) is 4.39 Å². The van der Waals surface area contributed by atoms with E-state index in [0.29, 0.717) is 12.2 Å². The van der Waals surface area contributed by atoms with Crippen LogP contribution in [0.5, 0.6) is 11.5 Å². The second kappa shape index (κ2) is 7.63. The first-order valence-electron chi connectivity index (χ1n) is 7.46. The SMILES string of the molecule is COc1cc(/C=C/c2ccc(F)cc2)cc(O)c1CC=C(C)C. The van der Waals surface area contributed by atoms with Crippen molar-refractivity contribution < 1.29 is 14.2 Å². The Kier molecular flexibility index (Phi) is 5.58. The quantitative estimate of drug-likeness (QED) is 0.606. The van der Waals surface area contributed by atoms with Gasteiger partial charge in [-0.05, 0) is 55.7 Å². The zero-order valence-electron chi connectivity index (χ0n) is 13.6. The Labute approximate surface area is 136 Å². The van der Waals surface area contributed by atoms with Gasteiger partial charge in [-0.1, -0.05) is 35.9 Å². The molecule has 23 heavy (non-hydrogen) atoms. The third kappa shape index (κ3) is 4.71. The molecular weight excluding hydrogens is 291 g/mol. The molecule has 3 heteroatoms. The summed E-state index contributed by atoms with van der Waals surface area (Å²) in [6, 6.07) is 9.82. The molecule has 0 unspecified atom stereocenters. The lowest BCUT2D eigenvalue weighted by Crippen LogP contribution is -1.93. The second-order valence-corrected chi connectivity index (χ2v) is 5.59. The standard InChI is InChI=1S/C20H21FO2/c1-14(2)4-11-18-19(22)12-16(13-20(18)23-3)6-5-15-7-9-17(21)10-8-15/h4-10,12-13,22H,11H2,1-3H3/b6-5+. The lowest BCUT2D eigenvalue weighted by Gasteiger charge is -2.10. The van der Waals surface area contributed by atoms with E-state index in [-0.39, 0.29) is 11.6 Å². The molecule has 0 aliphatic rings. The van der Waals surface area contributed by atoms with Crippen LogP contribution in [-0.4, -0.2) is 12.2 Å². The highest BCUT2D eigenvalue weighted by atomic mass is 19.1. The maximum absolute atomic E-state index is 12.9. The van der Waals surface area contributed by atoms with E-state index in [0.717, 1.165) is 16.7 Å². The van der Waals surface area contributed by atoms with E-state index in [2.05, 4.69) is 0 Å². The van der Waals surface area contributed by atoms with Gasteiger partial charge in [-0.3, -0.25) is 0 Å². The summed E-state index contributed by atoms with van der Waals surface area (Å²) in [6.07, 6.45) is 6.40. The van der Waals surface area contributed by atoms with Gasteiger partial charge in [-0.15, -0.1) is 0 Å². The maximum Gasteiger partial charge on any atom is 0.126 e. The maximum atomic E-state index is 12.9. The molecule has 0 radical (unpaired) electrons. The van der Waals surface area contributed by atoms with Crippen LogP contribution in [0, 0.1) is 5.82 Å². The van der Waals surface area contributed by atoms with Crippen molar-refractivity contribution in [3.8, 4) is 11.5 Å². The molecule has 2 rings (SSSR count). The summed E-state index contributed by atoms with van der Waals surface area (Å²) in [6.45, 7) is 4.03. The largest absolute Gasteiger partial charge is 0.507 e. The first-order valence-corrected chi connectivity index (χ1v) is 7.46. The van der Waals surface area contributed by atoms with Crippen LogP contribution in [0.15, 0.2) is 48.0 Å². The number of phenols is 1. The number of hydrogen-bond acceptors (Lipinski definition) is 2. The van der Waals surface area contributed by atoms with Crippen molar-refractivity contribution in [2.24, 2.45) is 0 Å². The molecule has 2 aromatic rings. The van der Waals surface area contributed by atoms with Crippen LogP contribution in [0.25, 0.3) is 12.2 Å². The van der Waals surface area contributed by atoms with Gasteiger partial charge in [0.2, 0.25) is 0 Å². The van der Waals surface area contributed by atoms with E-state index in [1.165, 1.54) is 17.7 Å². The van der Waals surface area contributed by atoms with Crippen LogP contribution in [-0.2, 0) is 6.42 Å². The van der Waals surface area contributed by atoms with E-state index in [1.54, 1.807) is 25.3 Å². The summed E-state index contributed by atoms with van der Waals surface area (Å²) in [5.41, 5.74) is 3.67. The van der Waals surface area contributed by atoms with E-state index < -0.39 is 0 Å². The molecule has 0 spiro atoms. The number of methoxy groups -OCH3 is 1. The fourth-order valence-electron chi connectivity index (χ4n) is 2.21. The Morgan fingerprint density at radius 2 is 1.74 bits per heavy atom. The molecule has 120 valence electrons. The monoisotopic (exact) mass is 312 g/mol. The normalized spacial score (nSPS) is 10.8. The number of hydrogen-bond donors (Lipinski definition) is 1. The van der Waals surface area contributed by atoms with E-state index >= 15 is 0 Å². The first kappa shape index (κ1) is 16.8. The van der Waals surface area contributed by atoms with Crippen LogP contribution in [0.2, 0.25) is 0 Å². The van der Waals surface area contributed by atoms with Crippen LogP contribution in [0.4, 0.5) is 4.39 Å². The molecule has 0 heterocycles. The van der Waals surface area contributed by atoms with Crippen molar-refractivity contribution in [2.45, 2.75) is 20.3 Å². The molecule has 0 saturated carbocycles.